The minimum Gasteiger partial charge on any atom is -0.376 e. The number of hydrogen-bond acceptors (Lipinski definition) is 1. The summed E-state index contributed by atoms with van der Waals surface area (Å²) >= 11 is 5.53. The molecule has 1 nitrogen and oxygen atoms in total. The Morgan fingerprint density at radius 1 is 1.00 bits per heavy atom. The van der Waals surface area contributed by atoms with Crippen LogP contribution in [0.2, 0.25) is 0 Å². The molecule has 0 N–H and O–H groups in total. The van der Waals surface area contributed by atoms with Gasteiger partial charge in [-0.2, -0.15) is 0 Å². The van der Waals surface area contributed by atoms with E-state index in [0.717, 1.165) is 25.9 Å². The lowest BCUT2D eigenvalue weighted by Crippen LogP contribution is -1.91. The van der Waals surface area contributed by atoms with E-state index in [2.05, 4.69) is 37.0 Å². The first-order valence-corrected chi connectivity index (χ1v) is 7.78. The molecule has 108 valence electrons. The molecular formula is C17H27ClO. The molecule has 0 saturated heterocycles. The van der Waals surface area contributed by atoms with Gasteiger partial charge < -0.3 is 4.74 Å². The average Bonchev–Trinajstić information content (AvgIpc) is 2.43. The molecule has 0 fully saturated rings. The summed E-state index contributed by atoms with van der Waals surface area (Å²) < 4.78 is 5.43. The van der Waals surface area contributed by atoms with E-state index in [1.165, 1.54) is 19.3 Å². The zero-order chi connectivity index (χ0) is 14.0. The summed E-state index contributed by atoms with van der Waals surface area (Å²) in [5.41, 5.74) is 3.04. The number of halogens is 1. The van der Waals surface area contributed by atoms with E-state index in [1.54, 1.807) is 0 Å². The van der Waals surface area contributed by atoms with Gasteiger partial charge in [0.05, 0.1) is 13.2 Å². The van der Waals surface area contributed by atoms with Crippen LogP contribution < -0.4 is 0 Å². The van der Waals surface area contributed by atoms with Crippen LogP contribution in [0.15, 0.2) is 42.2 Å². The summed E-state index contributed by atoms with van der Waals surface area (Å²) in [4.78, 5) is 0. The van der Waals surface area contributed by atoms with Crippen molar-refractivity contribution in [2.75, 3.05) is 19.1 Å². The molecule has 0 bridgehead atoms. The Kier molecular flexibility index (Phi) is 16.6. The summed E-state index contributed by atoms with van der Waals surface area (Å²) in [7, 11) is 0. The highest BCUT2D eigenvalue weighted by atomic mass is 35.5. The molecule has 2 heteroatoms. The summed E-state index contributed by atoms with van der Waals surface area (Å²) in [6, 6.07) is 0. The van der Waals surface area contributed by atoms with Crippen molar-refractivity contribution in [3.8, 4) is 0 Å². The topological polar surface area (TPSA) is 9.23 Å². The number of alkyl halides is 1. The van der Waals surface area contributed by atoms with Gasteiger partial charge in [-0.05, 0) is 37.8 Å². The summed E-state index contributed by atoms with van der Waals surface area (Å²) in [5, 5.41) is 0. The molecule has 0 aliphatic heterocycles. The van der Waals surface area contributed by atoms with Crippen LogP contribution in [-0.2, 0) is 4.74 Å². The Morgan fingerprint density at radius 3 is 2.53 bits per heavy atom. The SMILES string of the molecule is CCCC/C=C\C/C=C\CCOCC=C=CCCCl. The van der Waals surface area contributed by atoms with Crippen LogP contribution in [0.3, 0.4) is 0 Å². The van der Waals surface area contributed by atoms with Gasteiger partial charge in [-0.1, -0.05) is 44.1 Å². The Morgan fingerprint density at radius 2 is 1.79 bits per heavy atom. The highest BCUT2D eigenvalue weighted by molar-refractivity contribution is 6.17. The molecule has 0 aliphatic rings. The van der Waals surface area contributed by atoms with E-state index < -0.39 is 0 Å². The lowest BCUT2D eigenvalue weighted by molar-refractivity contribution is 0.167. The molecule has 0 radical (unpaired) electrons. The first-order valence-electron chi connectivity index (χ1n) is 7.25. The smallest absolute Gasteiger partial charge is 0.0721 e. The maximum Gasteiger partial charge on any atom is 0.0721 e. The van der Waals surface area contributed by atoms with Gasteiger partial charge >= 0.3 is 0 Å². The van der Waals surface area contributed by atoms with Crippen molar-refractivity contribution >= 4 is 11.6 Å². The number of unbranched alkanes of at least 4 members (excludes halogenated alkanes) is 2. The van der Waals surface area contributed by atoms with E-state index in [1.807, 2.05) is 12.2 Å². The van der Waals surface area contributed by atoms with Crippen molar-refractivity contribution in [1.82, 2.24) is 0 Å². The average molecular weight is 283 g/mol. The van der Waals surface area contributed by atoms with E-state index in [9.17, 15) is 0 Å². The Hall–Kier alpha value is -0.750. The molecule has 0 saturated carbocycles. The number of rotatable bonds is 12. The largest absolute Gasteiger partial charge is 0.376 e. The standard InChI is InChI=1S/C17H27ClO/c1-2-3-4-5-6-7-8-10-13-16-19-17-14-11-9-12-15-18/h5-6,8-10,14H,2-4,7,12-13,15-17H2,1H3/b6-5-,10-8-. The van der Waals surface area contributed by atoms with Crippen molar-refractivity contribution in [3.05, 3.63) is 42.2 Å². The molecule has 0 aromatic rings. The second kappa shape index (κ2) is 17.2. The minimum absolute atomic E-state index is 0.629. The molecule has 0 amide bonds. The second-order valence-corrected chi connectivity index (χ2v) is 4.61. The maximum atomic E-state index is 5.53. The fraction of sp³-hybridized carbons (Fsp3) is 0.588. The quantitative estimate of drug-likeness (QED) is 0.201. The summed E-state index contributed by atoms with van der Waals surface area (Å²) in [6.07, 6.45) is 19.3. The highest BCUT2D eigenvalue weighted by Crippen LogP contribution is 1.97. The van der Waals surface area contributed by atoms with Crippen molar-refractivity contribution in [2.45, 2.75) is 45.4 Å². The molecule has 0 aliphatic carbocycles. The van der Waals surface area contributed by atoms with Crippen LogP contribution >= 0.6 is 11.6 Å². The normalized spacial score (nSPS) is 11.1. The molecule has 0 atom stereocenters. The van der Waals surface area contributed by atoms with Crippen molar-refractivity contribution in [3.63, 3.8) is 0 Å². The molecule has 0 aromatic heterocycles. The van der Waals surface area contributed by atoms with Crippen LogP contribution in [0.5, 0.6) is 0 Å². The number of ether oxygens (including phenoxy) is 1. The van der Waals surface area contributed by atoms with E-state index >= 15 is 0 Å². The summed E-state index contributed by atoms with van der Waals surface area (Å²) in [5.74, 6) is 0.652. The molecule has 0 heterocycles. The van der Waals surface area contributed by atoms with Crippen LogP contribution in [0, 0.1) is 0 Å². The van der Waals surface area contributed by atoms with Gasteiger partial charge in [-0.15, -0.1) is 17.3 Å². The lowest BCUT2D eigenvalue weighted by Gasteiger charge is -1.95. The van der Waals surface area contributed by atoms with Crippen molar-refractivity contribution in [1.29, 1.82) is 0 Å². The third kappa shape index (κ3) is 17.2. The molecule has 0 rings (SSSR count). The van der Waals surface area contributed by atoms with Crippen LogP contribution in [-0.4, -0.2) is 19.1 Å². The Labute approximate surface area is 123 Å². The zero-order valence-electron chi connectivity index (χ0n) is 12.1. The molecule has 19 heavy (non-hydrogen) atoms. The Balaban J connectivity index is 3.29. The van der Waals surface area contributed by atoms with Gasteiger partial charge in [0.15, 0.2) is 0 Å². The first-order chi connectivity index (χ1) is 9.41. The monoisotopic (exact) mass is 282 g/mol. The predicted octanol–water partition coefficient (Wildman–Crippen LogP) is 5.43. The third-order valence-electron chi connectivity index (χ3n) is 2.45. The minimum atomic E-state index is 0.629. The van der Waals surface area contributed by atoms with Gasteiger partial charge in [-0.25, -0.2) is 0 Å². The van der Waals surface area contributed by atoms with Crippen LogP contribution in [0.4, 0.5) is 0 Å². The lowest BCUT2D eigenvalue weighted by atomic mass is 10.2. The van der Waals surface area contributed by atoms with Crippen LogP contribution in [0.1, 0.15) is 45.4 Å². The van der Waals surface area contributed by atoms with E-state index in [0.29, 0.717) is 12.5 Å². The number of allylic oxidation sites excluding steroid dienone is 3. The van der Waals surface area contributed by atoms with Crippen LogP contribution in [0.25, 0.3) is 0 Å². The van der Waals surface area contributed by atoms with Gasteiger partial charge in [0, 0.05) is 5.88 Å². The van der Waals surface area contributed by atoms with Crippen molar-refractivity contribution < 1.29 is 4.74 Å². The highest BCUT2D eigenvalue weighted by Gasteiger charge is 1.81. The molecule has 0 spiro atoms. The Bertz CT molecular complexity index is 286. The molecular weight excluding hydrogens is 256 g/mol. The van der Waals surface area contributed by atoms with Gasteiger partial charge in [0.2, 0.25) is 0 Å². The first kappa shape index (κ1) is 18.2. The number of hydrogen-bond donors (Lipinski definition) is 0. The van der Waals surface area contributed by atoms with Gasteiger partial charge in [0.1, 0.15) is 0 Å². The maximum absolute atomic E-state index is 5.53. The fourth-order valence-corrected chi connectivity index (χ4v) is 1.50. The van der Waals surface area contributed by atoms with Gasteiger partial charge in [0.25, 0.3) is 0 Å². The fourth-order valence-electron chi connectivity index (χ4n) is 1.39. The molecule has 0 aromatic carbocycles. The summed E-state index contributed by atoms with van der Waals surface area (Å²) in [6.45, 7) is 3.61. The van der Waals surface area contributed by atoms with Crippen molar-refractivity contribution in [2.24, 2.45) is 0 Å². The van der Waals surface area contributed by atoms with E-state index in [4.69, 9.17) is 16.3 Å². The van der Waals surface area contributed by atoms with Gasteiger partial charge in [-0.3, -0.25) is 0 Å². The predicted molar refractivity (Wildman–Crippen MR) is 85.8 cm³/mol. The zero-order valence-corrected chi connectivity index (χ0v) is 12.9. The third-order valence-corrected chi connectivity index (χ3v) is 2.67. The molecule has 0 unspecified atom stereocenters. The van der Waals surface area contributed by atoms with E-state index in [-0.39, 0.29) is 0 Å². The second-order valence-electron chi connectivity index (χ2n) is 4.24.